The van der Waals surface area contributed by atoms with Crippen molar-refractivity contribution in [2.75, 3.05) is 7.11 Å². The molecule has 1 aliphatic heterocycles. The molecule has 0 N–H and O–H groups in total. The lowest BCUT2D eigenvalue weighted by Crippen LogP contribution is -2.10. The lowest BCUT2D eigenvalue weighted by atomic mass is 10.0. The number of carbonyl (C=O) groups excluding carboxylic acids is 1. The number of ether oxygens (including phenoxy) is 3. The first-order valence-electron chi connectivity index (χ1n) is 9.57. The molecule has 0 aliphatic carbocycles. The van der Waals surface area contributed by atoms with Gasteiger partial charge in [0.1, 0.15) is 23.9 Å². The first kappa shape index (κ1) is 22.3. The van der Waals surface area contributed by atoms with Gasteiger partial charge in [-0.2, -0.15) is 0 Å². The van der Waals surface area contributed by atoms with Crippen LogP contribution in [-0.2, 0) is 6.61 Å². The topological polar surface area (TPSA) is 44.8 Å². The Labute approximate surface area is 184 Å². The van der Waals surface area contributed by atoms with E-state index in [1.165, 1.54) is 25.3 Å². The first-order valence-corrected chi connectivity index (χ1v) is 9.57. The van der Waals surface area contributed by atoms with Crippen molar-refractivity contribution in [3.63, 3.8) is 0 Å². The van der Waals surface area contributed by atoms with Crippen LogP contribution in [0, 0.1) is 36.0 Å². The summed E-state index contributed by atoms with van der Waals surface area (Å²) in [6, 6.07) is 9.61. The van der Waals surface area contributed by atoms with Crippen molar-refractivity contribution in [1.29, 1.82) is 0 Å². The van der Waals surface area contributed by atoms with Gasteiger partial charge >= 0.3 is 0 Å². The molecule has 33 heavy (non-hydrogen) atoms. The second-order valence-electron chi connectivity index (χ2n) is 7.16. The van der Waals surface area contributed by atoms with E-state index in [0.717, 1.165) is 0 Å². The number of benzene rings is 3. The number of allylic oxidation sites excluding steroid dienone is 1. The van der Waals surface area contributed by atoms with Crippen LogP contribution in [0.4, 0.5) is 22.0 Å². The molecule has 0 saturated heterocycles. The number of carbonyl (C=O) groups is 1. The molecule has 0 unspecified atom stereocenters. The molecular formula is C24H15F5O4. The molecule has 0 bridgehead atoms. The predicted octanol–water partition coefficient (Wildman–Crippen LogP) is 5.89. The standard InChI is InChI=1S/C24H15F5O4/c1-11-7-14(32-10-15-19(25)21(27)23(29)22(28)20(15)26)9-16-18(11)24(30)17(33-16)8-12-3-5-13(31-2)6-4-12/h3-9H,10H2,1-2H3/b17-8-. The minimum absolute atomic E-state index is 0.0219. The highest BCUT2D eigenvalue weighted by molar-refractivity contribution is 6.15. The fraction of sp³-hybridized carbons (Fsp3) is 0.125. The van der Waals surface area contributed by atoms with Gasteiger partial charge in [0.15, 0.2) is 29.0 Å². The number of hydrogen-bond donors (Lipinski definition) is 0. The Balaban J connectivity index is 1.59. The lowest BCUT2D eigenvalue weighted by molar-refractivity contribution is 0.101. The summed E-state index contributed by atoms with van der Waals surface area (Å²) in [7, 11) is 1.53. The maximum Gasteiger partial charge on any atom is 0.232 e. The van der Waals surface area contributed by atoms with Crippen LogP contribution in [-0.4, -0.2) is 12.9 Å². The average molecular weight is 462 g/mol. The molecule has 0 spiro atoms. The second kappa shape index (κ2) is 8.57. The van der Waals surface area contributed by atoms with E-state index in [2.05, 4.69) is 0 Å². The van der Waals surface area contributed by atoms with E-state index in [-0.39, 0.29) is 28.6 Å². The Morgan fingerprint density at radius 1 is 0.879 bits per heavy atom. The molecule has 4 nitrogen and oxygen atoms in total. The minimum atomic E-state index is -2.25. The monoisotopic (exact) mass is 462 g/mol. The zero-order chi connectivity index (χ0) is 23.9. The third-order valence-corrected chi connectivity index (χ3v) is 5.04. The molecule has 3 aromatic rings. The number of hydrogen-bond acceptors (Lipinski definition) is 4. The molecule has 170 valence electrons. The summed E-state index contributed by atoms with van der Waals surface area (Å²) in [4.78, 5) is 12.8. The number of aryl methyl sites for hydroxylation is 1. The molecule has 0 amide bonds. The quantitative estimate of drug-likeness (QED) is 0.205. The minimum Gasteiger partial charge on any atom is -0.497 e. The van der Waals surface area contributed by atoms with Crippen LogP contribution in [0.3, 0.4) is 0 Å². The zero-order valence-corrected chi connectivity index (χ0v) is 17.3. The van der Waals surface area contributed by atoms with Crippen LogP contribution in [0.1, 0.15) is 27.0 Å². The van der Waals surface area contributed by atoms with Gasteiger partial charge in [-0.05, 0) is 42.3 Å². The Morgan fingerprint density at radius 3 is 2.09 bits per heavy atom. The third kappa shape index (κ3) is 4.02. The number of Topliss-reactive ketones (excluding diaryl/α,β-unsaturated/α-hetero) is 1. The van der Waals surface area contributed by atoms with E-state index in [1.807, 2.05) is 0 Å². The normalized spacial score (nSPS) is 13.8. The number of halogens is 5. The lowest BCUT2D eigenvalue weighted by Gasteiger charge is -2.11. The molecule has 9 heteroatoms. The molecule has 0 atom stereocenters. The number of fused-ring (bicyclic) bond motifs is 1. The van der Waals surface area contributed by atoms with E-state index in [1.54, 1.807) is 31.2 Å². The van der Waals surface area contributed by atoms with Crippen molar-refractivity contribution in [1.82, 2.24) is 0 Å². The first-order chi connectivity index (χ1) is 15.7. The Kier molecular flexibility index (Phi) is 5.80. The van der Waals surface area contributed by atoms with Crippen LogP contribution in [0.25, 0.3) is 6.08 Å². The van der Waals surface area contributed by atoms with Gasteiger partial charge in [-0.3, -0.25) is 4.79 Å². The van der Waals surface area contributed by atoms with Gasteiger partial charge in [-0.25, -0.2) is 22.0 Å². The second-order valence-corrected chi connectivity index (χ2v) is 7.16. The van der Waals surface area contributed by atoms with Crippen LogP contribution in [0.5, 0.6) is 17.2 Å². The van der Waals surface area contributed by atoms with E-state index in [4.69, 9.17) is 14.2 Å². The summed E-state index contributed by atoms with van der Waals surface area (Å²) in [5, 5.41) is 0. The van der Waals surface area contributed by atoms with Gasteiger partial charge in [0.05, 0.1) is 18.2 Å². The molecule has 3 aromatic carbocycles. The van der Waals surface area contributed by atoms with Gasteiger partial charge < -0.3 is 14.2 Å². The Morgan fingerprint density at radius 2 is 1.48 bits per heavy atom. The highest BCUT2D eigenvalue weighted by Crippen LogP contribution is 2.38. The van der Waals surface area contributed by atoms with Gasteiger partial charge in [0, 0.05) is 6.07 Å². The van der Waals surface area contributed by atoms with E-state index in [9.17, 15) is 26.7 Å². The number of rotatable bonds is 5. The third-order valence-electron chi connectivity index (χ3n) is 5.04. The van der Waals surface area contributed by atoms with E-state index in [0.29, 0.717) is 16.9 Å². The summed E-state index contributed by atoms with van der Waals surface area (Å²) in [6.07, 6.45) is 1.54. The van der Waals surface area contributed by atoms with Crippen molar-refractivity contribution >= 4 is 11.9 Å². The van der Waals surface area contributed by atoms with Gasteiger partial charge in [-0.1, -0.05) is 12.1 Å². The van der Waals surface area contributed by atoms with Crippen molar-refractivity contribution in [3.05, 3.63) is 93.5 Å². The fourth-order valence-electron chi connectivity index (χ4n) is 3.34. The highest BCUT2D eigenvalue weighted by Gasteiger charge is 2.30. The van der Waals surface area contributed by atoms with Crippen molar-refractivity contribution in [3.8, 4) is 17.2 Å². The molecule has 4 rings (SSSR count). The molecular weight excluding hydrogens is 447 g/mol. The van der Waals surface area contributed by atoms with Crippen molar-refractivity contribution in [2.24, 2.45) is 0 Å². The Hall–Kier alpha value is -3.88. The van der Waals surface area contributed by atoms with Gasteiger partial charge in [0.2, 0.25) is 11.6 Å². The van der Waals surface area contributed by atoms with Crippen molar-refractivity contribution in [2.45, 2.75) is 13.5 Å². The van der Waals surface area contributed by atoms with Crippen molar-refractivity contribution < 1.29 is 41.0 Å². The smallest absolute Gasteiger partial charge is 0.232 e. The maximum atomic E-state index is 13.9. The van der Waals surface area contributed by atoms with Crippen LogP contribution < -0.4 is 14.2 Å². The van der Waals surface area contributed by atoms with Crippen LogP contribution in [0.2, 0.25) is 0 Å². The molecule has 0 radical (unpaired) electrons. The summed E-state index contributed by atoms with van der Waals surface area (Å²) in [5.74, 6) is -9.81. The largest absolute Gasteiger partial charge is 0.497 e. The molecule has 1 heterocycles. The van der Waals surface area contributed by atoms with E-state index < -0.39 is 41.3 Å². The van der Waals surface area contributed by atoms with Gasteiger partial charge in [-0.15, -0.1) is 0 Å². The SMILES string of the molecule is COc1ccc(/C=C2\Oc3cc(OCc4c(F)c(F)c(F)c(F)c4F)cc(C)c3C2=O)cc1. The number of ketones is 1. The summed E-state index contributed by atoms with van der Waals surface area (Å²) in [5.41, 5.74) is 0.301. The van der Waals surface area contributed by atoms with Crippen LogP contribution >= 0.6 is 0 Å². The summed E-state index contributed by atoms with van der Waals surface area (Å²) < 4.78 is 83.7. The molecule has 0 fully saturated rings. The number of methoxy groups -OCH3 is 1. The molecule has 0 aromatic heterocycles. The van der Waals surface area contributed by atoms with E-state index >= 15 is 0 Å². The molecule has 0 saturated carbocycles. The Bertz CT molecular complexity index is 1270. The predicted molar refractivity (Wildman–Crippen MR) is 108 cm³/mol. The highest BCUT2D eigenvalue weighted by atomic mass is 19.2. The average Bonchev–Trinajstić information content (AvgIpc) is 3.12. The fourth-order valence-corrected chi connectivity index (χ4v) is 3.34. The molecule has 1 aliphatic rings. The van der Waals surface area contributed by atoms with Crippen LogP contribution in [0.15, 0.2) is 42.2 Å². The summed E-state index contributed by atoms with van der Waals surface area (Å²) in [6.45, 7) is 0.675. The van der Waals surface area contributed by atoms with Gasteiger partial charge in [0.25, 0.3) is 0 Å². The maximum absolute atomic E-state index is 13.9. The zero-order valence-electron chi connectivity index (χ0n) is 17.3. The summed E-state index contributed by atoms with van der Waals surface area (Å²) >= 11 is 0.